The fourth-order valence-electron chi connectivity index (χ4n) is 3.56. The predicted molar refractivity (Wildman–Crippen MR) is 105 cm³/mol. The Labute approximate surface area is 170 Å². The second-order valence-corrected chi connectivity index (χ2v) is 7.24. The summed E-state index contributed by atoms with van der Waals surface area (Å²) in [6.45, 7) is 1.15. The van der Waals surface area contributed by atoms with E-state index in [1.54, 1.807) is 4.90 Å². The van der Waals surface area contributed by atoms with Crippen LogP contribution in [0.5, 0.6) is 0 Å². The number of ether oxygens (including phenoxy) is 1. The summed E-state index contributed by atoms with van der Waals surface area (Å²) in [4.78, 5) is 36.1. The van der Waals surface area contributed by atoms with Crippen LogP contribution in [0.3, 0.4) is 0 Å². The van der Waals surface area contributed by atoms with Crippen molar-refractivity contribution in [3.05, 3.63) is 69.2 Å². The SMILES string of the molecule is O=C(OCc1ccccc1)N1CCC(c2[nH]c(=O)nc3c(F)c(Cl)ncc23)CC1. The molecule has 1 saturated heterocycles. The number of H-pyrrole nitrogens is 1. The summed E-state index contributed by atoms with van der Waals surface area (Å²) < 4.78 is 19.6. The second kappa shape index (κ2) is 8.16. The lowest BCUT2D eigenvalue weighted by Gasteiger charge is -2.31. The number of aromatic amines is 1. The van der Waals surface area contributed by atoms with Gasteiger partial charge in [0.15, 0.2) is 11.0 Å². The van der Waals surface area contributed by atoms with Crippen molar-refractivity contribution in [2.24, 2.45) is 0 Å². The number of piperidine rings is 1. The van der Waals surface area contributed by atoms with Crippen molar-refractivity contribution in [2.75, 3.05) is 13.1 Å². The lowest BCUT2D eigenvalue weighted by atomic mass is 9.91. The van der Waals surface area contributed by atoms with Gasteiger partial charge in [0.1, 0.15) is 12.1 Å². The van der Waals surface area contributed by atoms with Crippen LogP contribution in [0.4, 0.5) is 9.18 Å². The average Bonchev–Trinajstić information content (AvgIpc) is 2.75. The van der Waals surface area contributed by atoms with Crippen LogP contribution in [0.15, 0.2) is 41.3 Å². The molecule has 1 N–H and O–H groups in total. The maximum absolute atomic E-state index is 14.2. The van der Waals surface area contributed by atoms with Crippen LogP contribution in [0, 0.1) is 5.82 Å². The Hall–Kier alpha value is -3.00. The fourth-order valence-corrected chi connectivity index (χ4v) is 3.70. The molecule has 1 amide bonds. The van der Waals surface area contributed by atoms with E-state index >= 15 is 0 Å². The van der Waals surface area contributed by atoms with Crippen LogP contribution in [0.1, 0.15) is 30.0 Å². The summed E-state index contributed by atoms with van der Waals surface area (Å²) in [5.74, 6) is -0.868. The van der Waals surface area contributed by atoms with Gasteiger partial charge in [-0.2, -0.15) is 4.98 Å². The average molecular weight is 417 g/mol. The zero-order valence-electron chi connectivity index (χ0n) is 15.4. The molecule has 0 bridgehead atoms. The zero-order valence-corrected chi connectivity index (χ0v) is 16.2. The van der Waals surface area contributed by atoms with Crippen LogP contribution < -0.4 is 5.69 Å². The van der Waals surface area contributed by atoms with E-state index in [9.17, 15) is 14.0 Å². The highest BCUT2D eigenvalue weighted by Gasteiger charge is 2.27. The standard InChI is InChI=1S/C20H18ClFN4O3/c21-18-15(22)17-14(10-23-18)16(24-19(27)25-17)13-6-8-26(9-7-13)20(28)29-11-12-4-2-1-3-5-12/h1-5,10,13H,6-9,11H2,(H,24,25,27). The van der Waals surface area contributed by atoms with Crippen molar-refractivity contribution < 1.29 is 13.9 Å². The molecule has 3 aromatic rings. The third kappa shape index (κ3) is 4.07. The van der Waals surface area contributed by atoms with Crippen molar-refractivity contribution in [3.8, 4) is 0 Å². The van der Waals surface area contributed by atoms with Crippen LogP contribution in [-0.2, 0) is 11.3 Å². The van der Waals surface area contributed by atoms with E-state index in [0.29, 0.717) is 37.0 Å². The molecule has 2 aromatic heterocycles. The van der Waals surface area contributed by atoms with Gasteiger partial charge in [-0.1, -0.05) is 41.9 Å². The topological polar surface area (TPSA) is 88.2 Å². The summed E-state index contributed by atoms with van der Waals surface area (Å²) in [6.07, 6.45) is 2.23. The summed E-state index contributed by atoms with van der Waals surface area (Å²) in [7, 11) is 0. The molecule has 1 fully saturated rings. The number of pyridine rings is 1. The molecule has 0 aliphatic carbocycles. The van der Waals surface area contributed by atoms with Gasteiger partial charge >= 0.3 is 11.8 Å². The van der Waals surface area contributed by atoms with E-state index in [1.165, 1.54) is 6.20 Å². The van der Waals surface area contributed by atoms with Crippen LogP contribution in [0.25, 0.3) is 10.9 Å². The van der Waals surface area contributed by atoms with E-state index in [4.69, 9.17) is 16.3 Å². The largest absolute Gasteiger partial charge is 0.445 e. The highest BCUT2D eigenvalue weighted by atomic mass is 35.5. The molecule has 0 radical (unpaired) electrons. The Morgan fingerprint density at radius 1 is 1.28 bits per heavy atom. The first-order valence-corrected chi connectivity index (χ1v) is 9.60. The first-order valence-electron chi connectivity index (χ1n) is 9.22. The Bertz CT molecular complexity index is 1100. The number of nitrogens with zero attached hydrogens (tertiary/aromatic N) is 3. The number of benzene rings is 1. The lowest BCUT2D eigenvalue weighted by Crippen LogP contribution is -2.38. The molecule has 1 aromatic carbocycles. The Morgan fingerprint density at radius 2 is 2.00 bits per heavy atom. The first-order chi connectivity index (χ1) is 14.0. The van der Waals surface area contributed by atoms with E-state index < -0.39 is 11.5 Å². The normalized spacial score (nSPS) is 14.9. The number of amides is 1. The van der Waals surface area contributed by atoms with Gasteiger partial charge in [0, 0.05) is 36.3 Å². The van der Waals surface area contributed by atoms with Crippen molar-refractivity contribution in [3.63, 3.8) is 0 Å². The van der Waals surface area contributed by atoms with E-state index in [-0.39, 0.29) is 29.3 Å². The molecule has 1 aliphatic heterocycles. The smallest absolute Gasteiger partial charge is 0.410 e. The third-order valence-corrected chi connectivity index (χ3v) is 5.33. The molecule has 0 spiro atoms. The van der Waals surface area contributed by atoms with E-state index in [1.807, 2.05) is 30.3 Å². The van der Waals surface area contributed by atoms with Crippen molar-refractivity contribution >= 4 is 28.6 Å². The van der Waals surface area contributed by atoms with Gasteiger partial charge in [-0.15, -0.1) is 0 Å². The molecular formula is C20H18ClFN4O3. The molecule has 4 rings (SSSR count). The molecule has 1 aliphatic rings. The fraction of sp³-hybridized carbons (Fsp3) is 0.300. The number of likely N-dealkylation sites (tertiary alicyclic amines) is 1. The van der Waals surface area contributed by atoms with Gasteiger partial charge in [-0.3, -0.25) is 0 Å². The highest BCUT2D eigenvalue weighted by Crippen LogP contribution is 2.32. The van der Waals surface area contributed by atoms with Gasteiger partial charge in [-0.05, 0) is 18.4 Å². The number of halogens is 2. The summed E-state index contributed by atoms with van der Waals surface area (Å²) >= 11 is 5.71. The van der Waals surface area contributed by atoms with Crippen LogP contribution >= 0.6 is 11.6 Å². The first kappa shape index (κ1) is 19.3. The molecule has 3 heterocycles. The number of hydrogen-bond acceptors (Lipinski definition) is 5. The molecule has 0 saturated carbocycles. The van der Waals surface area contributed by atoms with Gasteiger partial charge in [-0.25, -0.2) is 19.0 Å². The highest BCUT2D eigenvalue weighted by molar-refractivity contribution is 6.30. The Morgan fingerprint density at radius 3 is 2.72 bits per heavy atom. The Kier molecular flexibility index (Phi) is 5.44. The van der Waals surface area contributed by atoms with Gasteiger partial charge in [0.2, 0.25) is 0 Å². The number of carbonyl (C=O) groups is 1. The number of nitrogens with one attached hydrogen (secondary N) is 1. The maximum atomic E-state index is 14.2. The second-order valence-electron chi connectivity index (χ2n) is 6.88. The van der Waals surface area contributed by atoms with Crippen LogP contribution in [0.2, 0.25) is 5.15 Å². The minimum Gasteiger partial charge on any atom is -0.445 e. The van der Waals surface area contributed by atoms with Gasteiger partial charge < -0.3 is 14.6 Å². The molecular weight excluding hydrogens is 399 g/mol. The number of rotatable bonds is 3. The predicted octanol–water partition coefficient (Wildman–Crippen LogP) is 3.63. The molecule has 150 valence electrons. The monoisotopic (exact) mass is 416 g/mol. The number of aromatic nitrogens is 3. The van der Waals surface area contributed by atoms with Crippen molar-refractivity contribution in [2.45, 2.75) is 25.4 Å². The maximum Gasteiger partial charge on any atom is 0.410 e. The van der Waals surface area contributed by atoms with Crippen LogP contribution in [-0.4, -0.2) is 39.0 Å². The van der Waals surface area contributed by atoms with Gasteiger partial charge in [0.25, 0.3) is 0 Å². The molecule has 0 atom stereocenters. The molecule has 29 heavy (non-hydrogen) atoms. The molecule has 0 unspecified atom stereocenters. The van der Waals surface area contributed by atoms with E-state index in [2.05, 4.69) is 15.0 Å². The molecule has 7 nitrogen and oxygen atoms in total. The minimum atomic E-state index is -0.807. The third-order valence-electron chi connectivity index (χ3n) is 5.06. The number of carbonyl (C=O) groups excluding carboxylic acids is 1. The minimum absolute atomic E-state index is 0.0613. The van der Waals surface area contributed by atoms with Gasteiger partial charge in [0.05, 0.1) is 0 Å². The summed E-state index contributed by atoms with van der Waals surface area (Å²) in [5, 5.41) is 0.106. The summed E-state index contributed by atoms with van der Waals surface area (Å²) in [6, 6.07) is 9.46. The quantitative estimate of drug-likeness (QED) is 0.659. The zero-order chi connectivity index (χ0) is 20.4. The van der Waals surface area contributed by atoms with Crippen molar-refractivity contribution in [1.29, 1.82) is 0 Å². The summed E-state index contributed by atoms with van der Waals surface area (Å²) in [5.41, 5.74) is 0.761. The Balaban J connectivity index is 1.45. The van der Waals surface area contributed by atoms with E-state index in [0.717, 1.165) is 5.56 Å². The number of hydrogen-bond donors (Lipinski definition) is 1. The molecule has 9 heteroatoms. The number of fused-ring (bicyclic) bond motifs is 1. The van der Waals surface area contributed by atoms with Crippen molar-refractivity contribution in [1.82, 2.24) is 19.9 Å². The lowest BCUT2D eigenvalue weighted by molar-refractivity contribution is 0.0869.